The predicted octanol–water partition coefficient (Wildman–Crippen LogP) is 3.83. The van der Waals surface area contributed by atoms with Gasteiger partial charge in [-0.15, -0.1) is 0 Å². The van der Waals surface area contributed by atoms with Crippen LogP contribution in [-0.4, -0.2) is 19.2 Å². The summed E-state index contributed by atoms with van der Waals surface area (Å²) >= 11 is 5.95. The van der Waals surface area contributed by atoms with Crippen LogP contribution in [0.2, 0.25) is 5.02 Å². The van der Waals surface area contributed by atoms with Gasteiger partial charge in [-0.05, 0) is 47.5 Å². The maximum absolute atomic E-state index is 13.0. The normalized spacial score (nSPS) is 11.2. The summed E-state index contributed by atoms with van der Waals surface area (Å²) in [4.78, 5) is 14.8. The van der Waals surface area contributed by atoms with Crippen molar-refractivity contribution >= 4 is 27.5 Å². The Kier molecular flexibility index (Phi) is 6.14. The van der Waals surface area contributed by atoms with Gasteiger partial charge in [-0.3, -0.25) is 4.79 Å². The Morgan fingerprint density at radius 2 is 1.32 bits per heavy atom. The van der Waals surface area contributed by atoms with Gasteiger partial charge in [0.15, 0.2) is 0 Å². The molecule has 0 unspecified atom stereocenters. The van der Waals surface area contributed by atoms with Crippen LogP contribution in [0.25, 0.3) is 0 Å². The zero-order valence-electron chi connectivity index (χ0n) is 15.0. The first-order chi connectivity index (χ1) is 13.3. The average Bonchev–Trinajstić information content (AvgIpc) is 2.69. The molecule has 0 aliphatic heterocycles. The smallest absolute Gasteiger partial charge is 0.254 e. The monoisotopic (exact) mass is 414 g/mol. The SMILES string of the molecule is NS(=O)(=O)c1ccc(CN(Cc2ccc(Cl)cc2)C(=O)c2ccccc2)cc1. The first kappa shape index (κ1) is 20.1. The summed E-state index contributed by atoms with van der Waals surface area (Å²) in [6.07, 6.45) is 0. The Hall–Kier alpha value is -2.67. The second kappa shape index (κ2) is 8.56. The van der Waals surface area contributed by atoms with Crippen molar-refractivity contribution in [2.75, 3.05) is 0 Å². The molecule has 1 amide bonds. The minimum atomic E-state index is -3.75. The lowest BCUT2D eigenvalue weighted by Gasteiger charge is -2.23. The van der Waals surface area contributed by atoms with Crippen LogP contribution in [0.5, 0.6) is 0 Å². The van der Waals surface area contributed by atoms with Crippen molar-refractivity contribution in [2.24, 2.45) is 5.14 Å². The molecule has 2 N–H and O–H groups in total. The fourth-order valence-corrected chi connectivity index (χ4v) is 3.42. The van der Waals surface area contributed by atoms with Gasteiger partial charge in [0, 0.05) is 23.7 Å². The lowest BCUT2D eigenvalue weighted by molar-refractivity contribution is 0.0730. The molecule has 3 aromatic rings. The van der Waals surface area contributed by atoms with Crippen molar-refractivity contribution < 1.29 is 13.2 Å². The molecule has 0 atom stereocenters. The third-order valence-corrected chi connectivity index (χ3v) is 5.40. The van der Waals surface area contributed by atoms with Gasteiger partial charge in [0.25, 0.3) is 5.91 Å². The van der Waals surface area contributed by atoms with Gasteiger partial charge >= 0.3 is 0 Å². The number of carbonyl (C=O) groups excluding carboxylic acids is 1. The maximum atomic E-state index is 13.0. The summed E-state index contributed by atoms with van der Waals surface area (Å²) in [5.41, 5.74) is 2.32. The van der Waals surface area contributed by atoms with Gasteiger partial charge in [0.1, 0.15) is 0 Å². The van der Waals surface area contributed by atoms with Gasteiger partial charge in [-0.25, -0.2) is 13.6 Å². The Labute approximate surface area is 169 Å². The van der Waals surface area contributed by atoms with Crippen LogP contribution in [0.15, 0.2) is 83.8 Å². The zero-order valence-corrected chi connectivity index (χ0v) is 16.5. The quantitative estimate of drug-likeness (QED) is 0.665. The maximum Gasteiger partial charge on any atom is 0.254 e. The number of halogens is 1. The second-order valence-corrected chi connectivity index (χ2v) is 8.34. The van der Waals surface area contributed by atoms with E-state index in [0.717, 1.165) is 11.1 Å². The summed E-state index contributed by atoms with van der Waals surface area (Å²) in [6.45, 7) is 0.711. The van der Waals surface area contributed by atoms with Crippen molar-refractivity contribution in [3.8, 4) is 0 Å². The molecule has 3 rings (SSSR count). The molecule has 0 saturated heterocycles. The Morgan fingerprint density at radius 3 is 1.82 bits per heavy atom. The summed E-state index contributed by atoms with van der Waals surface area (Å²) in [5.74, 6) is -0.119. The molecule has 0 aliphatic carbocycles. The highest BCUT2D eigenvalue weighted by Gasteiger charge is 2.17. The van der Waals surface area contributed by atoms with E-state index in [2.05, 4.69) is 0 Å². The largest absolute Gasteiger partial charge is 0.330 e. The average molecular weight is 415 g/mol. The number of rotatable bonds is 6. The molecular weight excluding hydrogens is 396 g/mol. The van der Waals surface area contributed by atoms with Crippen molar-refractivity contribution in [1.29, 1.82) is 0 Å². The number of nitrogens with two attached hydrogens (primary N) is 1. The number of sulfonamides is 1. The fraction of sp³-hybridized carbons (Fsp3) is 0.0952. The summed E-state index contributed by atoms with van der Waals surface area (Å²) in [5, 5.41) is 5.77. The third-order valence-electron chi connectivity index (χ3n) is 4.22. The highest BCUT2D eigenvalue weighted by atomic mass is 35.5. The minimum Gasteiger partial charge on any atom is -0.330 e. The molecule has 5 nitrogen and oxygen atoms in total. The molecule has 0 radical (unpaired) electrons. The Balaban J connectivity index is 1.87. The second-order valence-electron chi connectivity index (χ2n) is 6.34. The van der Waals surface area contributed by atoms with E-state index in [9.17, 15) is 13.2 Å². The van der Waals surface area contributed by atoms with Gasteiger partial charge in [0.05, 0.1) is 4.90 Å². The number of nitrogens with zero attached hydrogens (tertiary/aromatic N) is 1. The molecule has 0 aliphatic rings. The van der Waals surface area contributed by atoms with Crippen LogP contribution in [0.3, 0.4) is 0 Å². The van der Waals surface area contributed by atoms with Crippen molar-refractivity contribution in [3.05, 3.63) is 101 Å². The van der Waals surface area contributed by atoms with Crippen LogP contribution < -0.4 is 5.14 Å². The van der Waals surface area contributed by atoms with Gasteiger partial charge < -0.3 is 4.90 Å². The number of carbonyl (C=O) groups is 1. The number of benzene rings is 3. The van der Waals surface area contributed by atoms with E-state index >= 15 is 0 Å². The molecule has 3 aromatic carbocycles. The van der Waals surface area contributed by atoms with Crippen LogP contribution in [0.4, 0.5) is 0 Å². The molecule has 0 bridgehead atoms. The van der Waals surface area contributed by atoms with Crippen LogP contribution in [0, 0.1) is 0 Å². The van der Waals surface area contributed by atoms with Crippen LogP contribution >= 0.6 is 11.6 Å². The molecule has 0 spiro atoms. The van der Waals surface area contributed by atoms with E-state index in [-0.39, 0.29) is 10.8 Å². The molecule has 0 saturated carbocycles. The number of hydrogen-bond acceptors (Lipinski definition) is 3. The summed E-state index contributed by atoms with van der Waals surface area (Å²) < 4.78 is 22.9. The first-order valence-electron chi connectivity index (χ1n) is 8.53. The number of hydrogen-bond donors (Lipinski definition) is 1. The van der Waals surface area contributed by atoms with Crippen molar-refractivity contribution in [2.45, 2.75) is 18.0 Å². The Morgan fingerprint density at radius 1 is 0.821 bits per heavy atom. The lowest BCUT2D eigenvalue weighted by Crippen LogP contribution is -2.30. The van der Waals surface area contributed by atoms with Crippen molar-refractivity contribution in [3.63, 3.8) is 0 Å². The molecule has 144 valence electrons. The number of amides is 1. The Bertz CT molecular complexity index is 1050. The predicted molar refractivity (Wildman–Crippen MR) is 109 cm³/mol. The standard InChI is InChI=1S/C21H19ClN2O3S/c22-19-10-6-16(7-11-19)14-24(21(25)18-4-2-1-3-5-18)15-17-8-12-20(13-9-17)28(23,26)27/h1-13H,14-15H2,(H2,23,26,27). The van der Waals surface area contributed by atoms with Gasteiger partial charge in [-0.1, -0.05) is 54.1 Å². The van der Waals surface area contributed by atoms with E-state index in [1.807, 2.05) is 30.3 Å². The number of primary sulfonamides is 1. The third kappa shape index (κ3) is 5.19. The molecule has 0 heterocycles. The van der Waals surface area contributed by atoms with Gasteiger partial charge in [-0.2, -0.15) is 0 Å². The summed E-state index contributed by atoms with van der Waals surface area (Å²) in [6, 6.07) is 22.5. The van der Waals surface area contributed by atoms with E-state index in [4.69, 9.17) is 16.7 Å². The van der Waals surface area contributed by atoms with Gasteiger partial charge in [0.2, 0.25) is 10.0 Å². The van der Waals surface area contributed by atoms with E-state index in [0.29, 0.717) is 23.7 Å². The minimum absolute atomic E-state index is 0.0369. The van der Waals surface area contributed by atoms with Crippen LogP contribution in [-0.2, 0) is 23.1 Å². The topological polar surface area (TPSA) is 80.5 Å². The molecule has 0 fully saturated rings. The highest BCUT2D eigenvalue weighted by Crippen LogP contribution is 2.17. The van der Waals surface area contributed by atoms with E-state index in [1.54, 1.807) is 41.3 Å². The molecule has 7 heteroatoms. The molecule has 0 aromatic heterocycles. The van der Waals surface area contributed by atoms with Crippen molar-refractivity contribution in [1.82, 2.24) is 4.90 Å². The first-order valence-corrected chi connectivity index (χ1v) is 10.5. The highest BCUT2D eigenvalue weighted by molar-refractivity contribution is 7.89. The van der Waals surface area contributed by atoms with E-state index in [1.165, 1.54) is 12.1 Å². The molecular formula is C21H19ClN2O3S. The van der Waals surface area contributed by atoms with Crippen LogP contribution in [0.1, 0.15) is 21.5 Å². The zero-order chi connectivity index (χ0) is 20.1. The molecule has 28 heavy (non-hydrogen) atoms. The fourth-order valence-electron chi connectivity index (χ4n) is 2.78. The van der Waals surface area contributed by atoms with E-state index < -0.39 is 10.0 Å². The lowest BCUT2D eigenvalue weighted by atomic mass is 10.1. The summed E-state index contributed by atoms with van der Waals surface area (Å²) in [7, 11) is -3.75.